The van der Waals surface area contributed by atoms with E-state index in [0.29, 0.717) is 17.0 Å². The van der Waals surface area contributed by atoms with Crippen LogP contribution in [0.1, 0.15) is 0 Å². The van der Waals surface area contributed by atoms with Crippen LogP contribution in [0.4, 0.5) is 4.39 Å². The first-order valence-corrected chi connectivity index (χ1v) is 6.32. The molecule has 2 aromatic heterocycles. The number of hydrogen-bond acceptors (Lipinski definition) is 3. The minimum absolute atomic E-state index is 0.209. The fraction of sp³-hybridized carbons (Fsp3) is 0.0769. The van der Waals surface area contributed by atoms with Crippen molar-refractivity contribution in [1.29, 1.82) is 0 Å². The Morgan fingerprint density at radius 3 is 2.89 bits per heavy atom. The molecule has 0 saturated heterocycles. The van der Waals surface area contributed by atoms with Crippen LogP contribution < -0.4 is 4.74 Å². The molecule has 4 nitrogen and oxygen atoms in total. The van der Waals surface area contributed by atoms with Crippen LogP contribution in [0, 0.1) is 5.82 Å². The Labute approximate surface area is 116 Å². The SMILES string of the molecule is COc1ccc(-c2nc3ncc(Br)cc3[nH]2)cc1F. The van der Waals surface area contributed by atoms with Gasteiger partial charge < -0.3 is 9.72 Å². The molecule has 0 aliphatic rings. The van der Waals surface area contributed by atoms with E-state index in [1.54, 1.807) is 18.3 Å². The number of aromatic amines is 1. The number of methoxy groups -OCH3 is 1. The van der Waals surface area contributed by atoms with E-state index in [4.69, 9.17) is 4.74 Å². The van der Waals surface area contributed by atoms with E-state index in [2.05, 4.69) is 30.9 Å². The van der Waals surface area contributed by atoms with Gasteiger partial charge in [-0.1, -0.05) is 0 Å². The number of imidazole rings is 1. The molecule has 0 aliphatic heterocycles. The summed E-state index contributed by atoms with van der Waals surface area (Å²) in [7, 11) is 1.43. The molecule has 2 heterocycles. The van der Waals surface area contributed by atoms with Crippen LogP contribution in [0.5, 0.6) is 5.75 Å². The monoisotopic (exact) mass is 321 g/mol. The number of rotatable bonds is 2. The Morgan fingerprint density at radius 1 is 1.32 bits per heavy atom. The summed E-state index contributed by atoms with van der Waals surface area (Å²) in [4.78, 5) is 11.6. The number of halogens is 2. The van der Waals surface area contributed by atoms with E-state index < -0.39 is 5.82 Å². The molecule has 0 atom stereocenters. The first-order chi connectivity index (χ1) is 9.17. The average molecular weight is 322 g/mol. The quantitative estimate of drug-likeness (QED) is 0.785. The minimum atomic E-state index is -0.422. The smallest absolute Gasteiger partial charge is 0.178 e. The molecule has 0 amide bonds. The molecule has 0 fully saturated rings. The fourth-order valence-electron chi connectivity index (χ4n) is 1.82. The van der Waals surface area contributed by atoms with Crippen LogP contribution in [0.3, 0.4) is 0 Å². The van der Waals surface area contributed by atoms with Crippen LogP contribution in [0.15, 0.2) is 34.9 Å². The van der Waals surface area contributed by atoms with Crippen molar-refractivity contribution in [1.82, 2.24) is 15.0 Å². The second-order valence-electron chi connectivity index (χ2n) is 3.96. The van der Waals surface area contributed by atoms with Crippen molar-refractivity contribution in [2.45, 2.75) is 0 Å². The Bertz CT molecular complexity index is 757. The zero-order valence-electron chi connectivity index (χ0n) is 9.95. The first-order valence-electron chi connectivity index (χ1n) is 5.52. The van der Waals surface area contributed by atoms with Gasteiger partial charge in [0.05, 0.1) is 12.6 Å². The topological polar surface area (TPSA) is 50.8 Å². The van der Waals surface area contributed by atoms with E-state index in [0.717, 1.165) is 9.99 Å². The lowest BCUT2D eigenvalue weighted by atomic mass is 10.2. The van der Waals surface area contributed by atoms with Crippen LogP contribution >= 0.6 is 15.9 Å². The normalized spacial score (nSPS) is 10.9. The van der Waals surface area contributed by atoms with Crippen molar-refractivity contribution in [3.8, 4) is 17.1 Å². The molecule has 0 unspecified atom stereocenters. The Balaban J connectivity index is 2.11. The van der Waals surface area contributed by atoms with Gasteiger partial charge in [0.2, 0.25) is 0 Å². The molecule has 0 radical (unpaired) electrons. The van der Waals surface area contributed by atoms with E-state index in [9.17, 15) is 4.39 Å². The zero-order chi connectivity index (χ0) is 13.4. The van der Waals surface area contributed by atoms with Crippen LogP contribution in [0.2, 0.25) is 0 Å². The number of benzene rings is 1. The molecule has 0 saturated carbocycles. The Kier molecular flexibility index (Phi) is 2.94. The molecule has 96 valence electrons. The molecule has 19 heavy (non-hydrogen) atoms. The summed E-state index contributed by atoms with van der Waals surface area (Å²) < 4.78 is 19.4. The highest BCUT2D eigenvalue weighted by Crippen LogP contribution is 2.25. The van der Waals surface area contributed by atoms with Gasteiger partial charge in [-0.3, -0.25) is 0 Å². The van der Waals surface area contributed by atoms with Crippen molar-refractivity contribution >= 4 is 27.1 Å². The number of nitrogens with zero attached hydrogens (tertiary/aromatic N) is 2. The van der Waals surface area contributed by atoms with E-state index in [1.165, 1.54) is 13.2 Å². The number of hydrogen-bond donors (Lipinski definition) is 1. The minimum Gasteiger partial charge on any atom is -0.494 e. The third kappa shape index (κ3) is 2.19. The number of pyridine rings is 1. The van der Waals surface area contributed by atoms with Crippen molar-refractivity contribution in [2.24, 2.45) is 0 Å². The van der Waals surface area contributed by atoms with Gasteiger partial charge in [0, 0.05) is 16.2 Å². The maximum Gasteiger partial charge on any atom is 0.178 e. The van der Waals surface area contributed by atoms with Gasteiger partial charge in [-0.15, -0.1) is 0 Å². The summed E-state index contributed by atoms with van der Waals surface area (Å²) in [5.74, 6) is 0.359. The lowest BCUT2D eigenvalue weighted by molar-refractivity contribution is 0.386. The molecule has 0 spiro atoms. The van der Waals surface area contributed by atoms with Crippen LogP contribution in [-0.2, 0) is 0 Å². The molecule has 6 heteroatoms. The van der Waals surface area contributed by atoms with Crippen LogP contribution in [0.25, 0.3) is 22.6 Å². The molecule has 1 aromatic carbocycles. The standard InChI is InChI=1S/C13H9BrFN3O/c1-19-11-3-2-7(4-9(11)15)12-17-10-5-8(14)6-16-13(10)18-12/h2-6H,1H3,(H,16,17,18). The predicted molar refractivity (Wildman–Crippen MR) is 73.5 cm³/mol. The fourth-order valence-corrected chi connectivity index (χ4v) is 2.16. The summed E-state index contributed by atoms with van der Waals surface area (Å²) in [5.41, 5.74) is 2.03. The number of nitrogens with one attached hydrogen (secondary N) is 1. The highest BCUT2D eigenvalue weighted by molar-refractivity contribution is 9.10. The molecular formula is C13H9BrFN3O. The van der Waals surface area contributed by atoms with Gasteiger partial charge in [0.25, 0.3) is 0 Å². The number of ether oxygens (including phenoxy) is 1. The largest absolute Gasteiger partial charge is 0.494 e. The maximum absolute atomic E-state index is 13.7. The van der Waals surface area contributed by atoms with Gasteiger partial charge in [-0.2, -0.15) is 0 Å². The van der Waals surface area contributed by atoms with Crippen molar-refractivity contribution in [3.63, 3.8) is 0 Å². The maximum atomic E-state index is 13.7. The highest BCUT2D eigenvalue weighted by Gasteiger charge is 2.09. The summed E-state index contributed by atoms with van der Waals surface area (Å²) in [6.45, 7) is 0. The van der Waals surface area contributed by atoms with E-state index >= 15 is 0 Å². The molecular weight excluding hydrogens is 313 g/mol. The van der Waals surface area contributed by atoms with E-state index in [-0.39, 0.29) is 5.75 Å². The summed E-state index contributed by atoms with van der Waals surface area (Å²) in [5, 5.41) is 0. The number of fused-ring (bicyclic) bond motifs is 1. The van der Waals surface area contributed by atoms with Gasteiger partial charge in [-0.25, -0.2) is 14.4 Å². The van der Waals surface area contributed by atoms with Gasteiger partial charge in [-0.05, 0) is 40.2 Å². The summed E-state index contributed by atoms with van der Waals surface area (Å²) in [6.07, 6.45) is 1.67. The molecule has 3 aromatic rings. The third-order valence-corrected chi connectivity index (χ3v) is 3.16. The average Bonchev–Trinajstić information content (AvgIpc) is 2.81. The first kappa shape index (κ1) is 12.1. The van der Waals surface area contributed by atoms with E-state index in [1.807, 2.05) is 6.07 Å². The predicted octanol–water partition coefficient (Wildman–Crippen LogP) is 3.54. The molecule has 1 N–H and O–H groups in total. The lowest BCUT2D eigenvalue weighted by Crippen LogP contribution is -1.89. The van der Waals surface area contributed by atoms with Crippen molar-refractivity contribution < 1.29 is 9.13 Å². The molecule has 0 bridgehead atoms. The summed E-state index contributed by atoms with van der Waals surface area (Å²) >= 11 is 3.34. The Morgan fingerprint density at radius 2 is 2.16 bits per heavy atom. The second-order valence-corrected chi connectivity index (χ2v) is 4.88. The summed E-state index contributed by atoms with van der Waals surface area (Å²) in [6, 6.07) is 6.57. The Hall–Kier alpha value is -1.95. The van der Waals surface area contributed by atoms with Crippen molar-refractivity contribution in [3.05, 3.63) is 40.8 Å². The molecule has 0 aliphatic carbocycles. The van der Waals surface area contributed by atoms with Crippen LogP contribution in [-0.4, -0.2) is 22.1 Å². The third-order valence-electron chi connectivity index (χ3n) is 2.73. The number of H-pyrrole nitrogens is 1. The number of aromatic nitrogens is 3. The highest BCUT2D eigenvalue weighted by atomic mass is 79.9. The lowest BCUT2D eigenvalue weighted by Gasteiger charge is -2.02. The molecule has 3 rings (SSSR count). The van der Waals surface area contributed by atoms with Gasteiger partial charge in [0.15, 0.2) is 17.2 Å². The van der Waals surface area contributed by atoms with Gasteiger partial charge >= 0.3 is 0 Å². The van der Waals surface area contributed by atoms with Gasteiger partial charge in [0.1, 0.15) is 5.82 Å². The second kappa shape index (κ2) is 4.62. The van der Waals surface area contributed by atoms with Crippen molar-refractivity contribution in [2.75, 3.05) is 7.11 Å². The zero-order valence-corrected chi connectivity index (χ0v) is 11.5.